The van der Waals surface area contributed by atoms with Crippen molar-refractivity contribution in [1.82, 2.24) is 15.2 Å². The number of hydrogen-bond acceptors (Lipinski definition) is 6. The number of ether oxygens (including phenoxy) is 1. The molecule has 1 fully saturated rings. The van der Waals surface area contributed by atoms with Gasteiger partial charge in [0.2, 0.25) is 11.0 Å². The molecule has 0 atom stereocenters. The Morgan fingerprint density at radius 2 is 2.13 bits per heavy atom. The van der Waals surface area contributed by atoms with Crippen molar-refractivity contribution in [3.63, 3.8) is 0 Å². The molecule has 3 rings (SSSR count). The van der Waals surface area contributed by atoms with Crippen LogP contribution in [0.5, 0.6) is 5.88 Å². The zero-order valence-electron chi connectivity index (χ0n) is 11.6. The van der Waals surface area contributed by atoms with Crippen LogP contribution >= 0.6 is 11.3 Å². The van der Waals surface area contributed by atoms with Crippen molar-refractivity contribution in [2.24, 2.45) is 0 Å². The van der Waals surface area contributed by atoms with Crippen LogP contribution in [-0.4, -0.2) is 33.9 Å². The van der Waals surface area contributed by atoms with Crippen LogP contribution in [0, 0.1) is 0 Å². The van der Waals surface area contributed by atoms with Crippen molar-refractivity contribution in [3.05, 3.63) is 28.9 Å². The lowest BCUT2D eigenvalue weighted by Gasteiger charge is -2.08. The number of carbonyl (C=O) groups excluding carboxylic acids is 1. The first-order chi connectivity index (χ1) is 10.9. The molecule has 6 nitrogen and oxygen atoms in total. The summed E-state index contributed by atoms with van der Waals surface area (Å²) >= 11 is 1.32. The van der Waals surface area contributed by atoms with Crippen molar-refractivity contribution in [1.29, 1.82) is 0 Å². The molecule has 0 aliphatic heterocycles. The second kappa shape index (κ2) is 6.11. The van der Waals surface area contributed by atoms with Gasteiger partial charge in [0.25, 0.3) is 5.91 Å². The predicted molar refractivity (Wildman–Crippen MR) is 75.6 cm³/mol. The van der Waals surface area contributed by atoms with Crippen LogP contribution in [0.25, 0.3) is 0 Å². The van der Waals surface area contributed by atoms with E-state index >= 15 is 0 Å². The largest absolute Gasteiger partial charge is 0.468 e. The van der Waals surface area contributed by atoms with E-state index < -0.39 is 18.7 Å². The summed E-state index contributed by atoms with van der Waals surface area (Å²) in [5, 5.41) is 11.7. The van der Waals surface area contributed by atoms with Crippen molar-refractivity contribution in [2.45, 2.75) is 24.9 Å². The number of alkyl halides is 3. The van der Waals surface area contributed by atoms with E-state index in [0.29, 0.717) is 11.0 Å². The predicted octanol–water partition coefficient (Wildman–Crippen LogP) is 3.00. The zero-order chi connectivity index (χ0) is 16.4. The monoisotopic (exact) mass is 344 g/mol. The SMILES string of the molecule is O=C(Nc1nnc(C2CC2)s1)c1ccc(OCC(F)(F)F)nc1. The molecule has 0 aromatic carbocycles. The minimum absolute atomic E-state index is 0.188. The number of nitrogens with zero attached hydrogens (tertiary/aromatic N) is 3. The van der Waals surface area contributed by atoms with E-state index in [1.54, 1.807) is 0 Å². The average molecular weight is 344 g/mol. The molecule has 0 unspecified atom stereocenters. The summed E-state index contributed by atoms with van der Waals surface area (Å²) in [4.78, 5) is 15.7. The third-order valence-electron chi connectivity index (χ3n) is 2.97. The van der Waals surface area contributed by atoms with Gasteiger partial charge in [0.15, 0.2) is 6.61 Å². The van der Waals surface area contributed by atoms with Gasteiger partial charge in [-0.2, -0.15) is 13.2 Å². The molecule has 1 aliphatic rings. The number of amides is 1. The van der Waals surface area contributed by atoms with Crippen molar-refractivity contribution in [3.8, 4) is 5.88 Å². The molecule has 23 heavy (non-hydrogen) atoms. The fourth-order valence-electron chi connectivity index (χ4n) is 1.71. The topological polar surface area (TPSA) is 77.0 Å². The number of rotatable bonds is 5. The Balaban J connectivity index is 1.58. The van der Waals surface area contributed by atoms with Crippen LogP contribution < -0.4 is 10.1 Å². The molecule has 0 spiro atoms. The molecule has 0 bridgehead atoms. The molecule has 1 saturated carbocycles. The summed E-state index contributed by atoms with van der Waals surface area (Å²) in [7, 11) is 0. The minimum atomic E-state index is -4.44. The summed E-state index contributed by atoms with van der Waals surface area (Å²) in [6, 6.07) is 2.53. The molecule has 122 valence electrons. The lowest BCUT2D eigenvalue weighted by molar-refractivity contribution is -0.154. The zero-order valence-corrected chi connectivity index (χ0v) is 12.4. The molecule has 0 saturated heterocycles. The minimum Gasteiger partial charge on any atom is -0.468 e. The van der Waals surface area contributed by atoms with Crippen molar-refractivity contribution < 1.29 is 22.7 Å². The average Bonchev–Trinajstić information content (AvgIpc) is 3.25. The molecule has 1 N–H and O–H groups in total. The van der Waals surface area contributed by atoms with Gasteiger partial charge < -0.3 is 4.74 Å². The highest BCUT2D eigenvalue weighted by Crippen LogP contribution is 2.42. The smallest absolute Gasteiger partial charge is 0.422 e. The number of aromatic nitrogens is 3. The normalized spacial score (nSPS) is 14.6. The van der Waals surface area contributed by atoms with Gasteiger partial charge in [-0.3, -0.25) is 10.1 Å². The van der Waals surface area contributed by atoms with Gasteiger partial charge in [-0.25, -0.2) is 4.98 Å². The van der Waals surface area contributed by atoms with Gasteiger partial charge in [0, 0.05) is 18.2 Å². The van der Waals surface area contributed by atoms with Crippen LogP contribution in [0.1, 0.15) is 34.1 Å². The lowest BCUT2D eigenvalue weighted by atomic mass is 10.3. The van der Waals surface area contributed by atoms with Crippen LogP contribution in [0.2, 0.25) is 0 Å². The van der Waals surface area contributed by atoms with E-state index in [9.17, 15) is 18.0 Å². The molecule has 0 radical (unpaired) electrons. The summed E-state index contributed by atoms with van der Waals surface area (Å²) in [6.07, 6.45) is -1.11. The Kier molecular flexibility index (Phi) is 4.16. The third kappa shape index (κ3) is 4.38. The van der Waals surface area contributed by atoms with Gasteiger partial charge in [0.05, 0.1) is 5.56 Å². The van der Waals surface area contributed by atoms with Gasteiger partial charge >= 0.3 is 6.18 Å². The molecular formula is C13H11F3N4O2S. The highest BCUT2D eigenvalue weighted by atomic mass is 32.1. The number of nitrogens with one attached hydrogen (secondary N) is 1. The number of anilines is 1. The van der Waals surface area contributed by atoms with Gasteiger partial charge in [0.1, 0.15) is 5.01 Å². The van der Waals surface area contributed by atoms with Crippen LogP contribution in [0.15, 0.2) is 18.3 Å². The number of halogens is 3. The Bertz CT molecular complexity index is 698. The van der Waals surface area contributed by atoms with Crippen LogP contribution in [0.4, 0.5) is 18.3 Å². The standard InChI is InChI=1S/C13H11F3N4O2S/c14-13(15,16)6-22-9-4-3-8(5-17-9)10(21)18-12-20-19-11(23-12)7-1-2-7/h3-5,7H,1-2,6H2,(H,18,20,21). The van der Waals surface area contributed by atoms with Crippen LogP contribution in [0.3, 0.4) is 0 Å². The quantitative estimate of drug-likeness (QED) is 0.902. The molecule has 2 heterocycles. The van der Waals surface area contributed by atoms with Crippen molar-refractivity contribution in [2.75, 3.05) is 11.9 Å². The summed E-state index contributed by atoms with van der Waals surface area (Å²) in [5.41, 5.74) is 0.188. The highest BCUT2D eigenvalue weighted by molar-refractivity contribution is 7.15. The second-order valence-electron chi connectivity index (χ2n) is 4.96. The van der Waals surface area contributed by atoms with E-state index in [1.807, 2.05) is 0 Å². The summed E-state index contributed by atoms with van der Waals surface area (Å²) < 4.78 is 40.5. The first-order valence-electron chi connectivity index (χ1n) is 6.71. The third-order valence-corrected chi connectivity index (χ3v) is 3.97. The summed E-state index contributed by atoms with van der Waals surface area (Å²) in [5.74, 6) is -0.214. The maximum Gasteiger partial charge on any atom is 0.422 e. The number of carbonyl (C=O) groups is 1. The first-order valence-corrected chi connectivity index (χ1v) is 7.53. The van der Waals surface area contributed by atoms with Gasteiger partial charge in [-0.05, 0) is 18.9 Å². The highest BCUT2D eigenvalue weighted by Gasteiger charge is 2.29. The number of hydrogen-bond donors (Lipinski definition) is 1. The Morgan fingerprint density at radius 1 is 1.35 bits per heavy atom. The van der Waals surface area contributed by atoms with E-state index in [0.717, 1.165) is 24.0 Å². The number of pyridine rings is 1. The molecular weight excluding hydrogens is 333 g/mol. The summed E-state index contributed by atoms with van der Waals surface area (Å²) in [6.45, 7) is -1.43. The second-order valence-corrected chi connectivity index (χ2v) is 5.97. The van der Waals surface area contributed by atoms with Crippen LogP contribution in [-0.2, 0) is 0 Å². The first kappa shape index (κ1) is 15.7. The van der Waals surface area contributed by atoms with Crippen molar-refractivity contribution >= 4 is 22.4 Å². The molecule has 10 heteroatoms. The molecule has 1 amide bonds. The Hall–Kier alpha value is -2.23. The van der Waals surface area contributed by atoms with E-state index in [2.05, 4.69) is 25.2 Å². The fourth-order valence-corrected chi connectivity index (χ4v) is 2.61. The Labute approximate surface area is 132 Å². The van der Waals surface area contributed by atoms with Gasteiger partial charge in [-0.1, -0.05) is 11.3 Å². The maximum absolute atomic E-state index is 12.0. The molecule has 1 aliphatic carbocycles. The maximum atomic E-state index is 12.0. The Morgan fingerprint density at radius 3 is 2.74 bits per heavy atom. The van der Waals surface area contributed by atoms with Gasteiger partial charge in [-0.15, -0.1) is 10.2 Å². The van der Waals surface area contributed by atoms with E-state index in [-0.39, 0.29) is 11.4 Å². The van der Waals surface area contributed by atoms with E-state index in [4.69, 9.17) is 0 Å². The molecule has 2 aromatic rings. The molecule has 2 aromatic heterocycles. The van der Waals surface area contributed by atoms with E-state index in [1.165, 1.54) is 23.5 Å². The lowest BCUT2D eigenvalue weighted by Crippen LogP contribution is -2.19. The fraction of sp³-hybridized carbons (Fsp3) is 0.385.